The second-order valence-corrected chi connectivity index (χ2v) is 6.11. The number of aryl methyl sites for hydroxylation is 1. The van der Waals surface area contributed by atoms with Crippen molar-refractivity contribution < 1.29 is 14.9 Å². The highest BCUT2D eigenvalue weighted by molar-refractivity contribution is 5.44. The Labute approximate surface area is 132 Å². The van der Waals surface area contributed by atoms with Crippen LogP contribution in [-0.2, 0) is 6.42 Å². The van der Waals surface area contributed by atoms with Crippen molar-refractivity contribution in [2.45, 2.75) is 25.5 Å². The molecule has 0 aromatic heterocycles. The lowest BCUT2D eigenvalue weighted by atomic mass is 9.94. The van der Waals surface area contributed by atoms with Gasteiger partial charge < -0.3 is 14.9 Å². The number of ether oxygens (including phenoxy) is 1. The molecule has 2 atom stereocenters. The molecular weight excluding hydrogens is 280 g/mol. The van der Waals surface area contributed by atoms with Gasteiger partial charge in [0, 0.05) is 38.3 Å². The maximum absolute atomic E-state index is 10.8. The SMILES string of the molecule is CCc1cccc2c1OCC(N1CCN(CCO)CC1)C2O. The maximum atomic E-state index is 10.8. The average molecular weight is 306 g/mol. The van der Waals surface area contributed by atoms with Gasteiger partial charge in [-0.05, 0) is 12.0 Å². The normalized spacial score (nSPS) is 26.5. The molecule has 1 aromatic rings. The Morgan fingerprint density at radius 1 is 1.23 bits per heavy atom. The van der Waals surface area contributed by atoms with Gasteiger partial charge >= 0.3 is 0 Å². The highest BCUT2D eigenvalue weighted by atomic mass is 16.5. The number of fused-ring (bicyclic) bond motifs is 1. The van der Waals surface area contributed by atoms with Crippen LogP contribution < -0.4 is 4.74 Å². The van der Waals surface area contributed by atoms with E-state index in [0.717, 1.165) is 50.5 Å². The average Bonchev–Trinajstić information content (AvgIpc) is 2.56. The largest absolute Gasteiger partial charge is 0.491 e. The van der Waals surface area contributed by atoms with E-state index in [1.165, 1.54) is 5.56 Å². The lowest BCUT2D eigenvalue weighted by molar-refractivity contribution is -0.0190. The molecule has 5 heteroatoms. The Bertz CT molecular complexity index is 501. The van der Waals surface area contributed by atoms with Gasteiger partial charge in [-0.25, -0.2) is 0 Å². The first kappa shape index (κ1) is 15.7. The minimum atomic E-state index is -0.486. The van der Waals surface area contributed by atoms with Crippen molar-refractivity contribution in [3.05, 3.63) is 29.3 Å². The number of piperazine rings is 1. The Balaban J connectivity index is 1.70. The Kier molecular flexibility index (Phi) is 4.98. The Morgan fingerprint density at radius 3 is 2.68 bits per heavy atom. The van der Waals surface area contributed by atoms with Crippen LogP contribution in [0.5, 0.6) is 5.75 Å². The van der Waals surface area contributed by atoms with E-state index >= 15 is 0 Å². The first-order valence-electron chi connectivity index (χ1n) is 8.24. The second kappa shape index (κ2) is 6.96. The van der Waals surface area contributed by atoms with Crippen LogP contribution in [0.15, 0.2) is 18.2 Å². The summed E-state index contributed by atoms with van der Waals surface area (Å²) in [5, 5.41) is 19.8. The number of nitrogens with zero attached hydrogens (tertiary/aromatic N) is 2. The number of para-hydroxylation sites is 1. The summed E-state index contributed by atoms with van der Waals surface area (Å²) in [6.07, 6.45) is 0.431. The molecule has 2 N–H and O–H groups in total. The van der Waals surface area contributed by atoms with Crippen LogP contribution in [0.25, 0.3) is 0 Å². The fraction of sp³-hybridized carbons (Fsp3) is 0.647. The van der Waals surface area contributed by atoms with Gasteiger partial charge in [-0.3, -0.25) is 9.80 Å². The fourth-order valence-electron chi connectivity index (χ4n) is 3.52. The van der Waals surface area contributed by atoms with Gasteiger partial charge in [0.1, 0.15) is 18.5 Å². The molecule has 2 unspecified atom stereocenters. The number of rotatable bonds is 4. The molecule has 22 heavy (non-hydrogen) atoms. The summed E-state index contributed by atoms with van der Waals surface area (Å²) < 4.78 is 6.00. The zero-order chi connectivity index (χ0) is 15.5. The zero-order valence-electron chi connectivity index (χ0n) is 13.2. The highest BCUT2D eigenvalue weighted by Gasteiger charge is 2.35. The van der Waals surface area contributed by atoms with Gasteiger partial charge in [0.2, 0.25) is 0 Å². The van der Waals surface area contributed by atoms with Crippen LogP contribution in [0.3, 0.4) is 0 Å². The Morgan fingerprint density at radius 2 is 2.00 bits per heavy atom. The third kappa shape index (κ3) is 2.99. The van der Waals surface area contributed by atoms with Crippen LogP contribution in [0.1, 0.15) is 24.2 Å². The maximum Gasteiger partial charge on any atom is 0.128 e. The molecule has 0 aliphatic carbocycles. The molecule has 2 aliphatic heterocycles. The van der Waals surface area contributed by atoms with E-state index in [4.69, 9.17) is 9.84 Å². The molecular formula is C17H26N2O3. The molecule has 0 saturated carbocycles. The minimum Gasteiger partial charge on any atom is -0.491 e. The number of hydrogen-bond acceptors (Lipinski definition) is 5. The van der Waals surface area contributed by atoms with Crippen molar-refractivity contribution >= 4 is 0 Å². The van der Waals surface area contributed by atoms with Crippen molar-refractivity contribution in [3.63, 3.8) is 0 Å². The van der Waals surface area contributed by atoms with E-state index in [1.54, 1.807) is 0 Å². The molecule has 2 heterocycles. The number of aliphatic hydroxyl groups is 2. The van der Waals surface area contributed by atoms with E-state index < -0.39 is 6.10 Å². The van der Waals surface area contributed by atoms with Crippen LogP contribution in [0, 0.1) is 0 Å². The van der Waals surface area contributed by atoms with E-state index in [-0.39, 0.29) is 12.6 Å². The van der Waals surface area contributed by atoms with Crippen LogP contribution >= 0.6 is 0 Å². The number of hydrogen-bond donors (Lipinski definition) is 2. The van der Waals surface area contributed by atoms with Crippen molar-refractivity contribution in [1.29, 1.82) is 0 Å². The summed E-state index contributed by atoms with van der Waals surface area (Å²) in [5.74, 6) is 0.882. The first-order valence-corrected chi connectivity index (χ1v) is 8.24. The smallest absolute Gasteiger partial charge is 0.128 e. The minimum absolute atomic E-state index is 0.0240. The van der Waals surface area contributed by atoms with E-state index in [1.807, 2.05) is 12.1 Å². The molecule has 1 aromatic carbocycles. The molecule has 5 nitrogen and oxygen atoms in total. The molecule has 3 rings (SSSR count). The fourth-order valence-corrected chi connectivity index (χ4v) is 3.52. The van der Waals surface area contributed by atoms with Gasteiger partial charge in [0.05, 0.1) is 12.6 Å². The van der Waals surface area contributed by atoms with Crippen molar-refractivity contribution in [3.8, 4) is 5.75 Å². The lowest BCUT2D eigenvalue weighted by Crippen LogP contribution is -2.55. The Hall–Kier alpha value is -1.14. The highest BCUT2D eigenvalue weighted by Crippen LogP contribution is 2.37. The van der Waals surface area contributed by atoms with Gasteiger partial charge in [-0.1, -0.05) is 25.1 Å². The van der Waals surface area contributed by atoms with Gasteiger partial charge in [-0.15, -0.1) is 0 Å². The van der Waals surface area contributed by atoms with Crippen molar-refractivity contribution in [1.82, 2.24) is 9.80 Å². The van der Waals surface area contributed by atoms with Crippen LogP contribution in [-0.4, -0.2) is 72.0 Å². The molecule has 0 amide bonds. The summed E-state index contributed by atoms with van der Waals surface area (Å²) in [6.45, 7) is 7.30. The molecule has 0 bridgehead atoms. The number of β-amino-alcohol motifs (C(OH)–C–C–N with tert-alkyl or cyclic N) is 1. The standard InChI is InChI=1S/C17H26N2O3/c1-2-13-4-3-5-14-16(21)15(12-22-17(13)14)19-8-6-18(7-9-19)10-11-20/h3-5,15-16,20-21H,2,6-12H2,1H3. The van der Waals surface area contributed by atoms with E-state index in [2.05, 4.69) is 22.8 Å². The molecule has 1 saturated heterocycles. The van der Waals surface area contributed by atoms with Crippen LogP contribution in [0.2, 0.25) is 0 Å². The topological polar surface area (TPSA) is 56.2 Å². The zero-order valence-corrected chi connectivity index (χ0v) is 13.2. The van der Waals surface area contributed by atoms with Gasteiger partial charge in [0.25, 0.3) is 0 Å². The van der Waals surface area contributed by atoms with Gasteiger partial charge in [-0.2, -0.15) is 0 Å². The first-order chi connectivity index (χ1) is 10.7. The second-order valence-electron chi connectivity index (χ2n) is 6.11. The quantitative estimate of drug-likeness (QED) is 0.855. The summed E-state index contributed by atoms with van der Waals surface area (Å²) >= 11 is 0. The molecule has 1 fully saturated rings. The third-order valence-corrected chi connectivity index (χ3v) is 4.88. The lowest BCUT2D eigenvalue weighted by Gasteiger charge is -2.43. The van der Waals surface area contributed by atoms with Crippen molar-refractivity contribution in [2.75, 3.05) is 45.9 Å². The summed E-state index contributed by atoms with van der Waals surface area (Å²) in [4.78, 5) is 4.58. The molecule has 0 spiro atoms. The molecule has 2 aliphatic rings. The van der Waals surface area contributed by atoms with Gasteiger partial charge in [0.15, 0.2) is 0 Å². The predicted molar refractivity (Wildman–Crippen MR) is 85.2 cm³/mol. The van der Waals surface area contributed by atoms with E-state index in [9.17, 15) is 5.11 Å². The summed E-state index contributed by atoms with van der Waals surface area (Å²) in [5.41, 5.74) is 2.09. The van der Waals surface area contributed by atoms with Crippen LogP contribution in [0.4, 0.5) is 0 Å². The molecule has 0 radical (unpaired) electrons. The summed E-state index contributed by atoms with van der Waals surface area (Å²) in [6, 6.07) is 6.08. The third-order valence-electron chi connectivity index (χ3n) is 4.88. The summed E-state index contributed by atoms with van der Waals surface area (Å²) in [7, 11) is 0. The van der Waals surface area contributed by atoms with E-state index in [0.29, 0.717) is 6.61 Å². The number of benzene rings is 1. The monoisotopic (exact) mass is 306 g/mol. The molecule has 122 valence electrons. The predicted octanol–water partition coefficient (Wildman–Crippen LogP) is 0.653. The van der Waals surface area contributed by atoms with Crippen molar-refractivity contribution in [2.24, 2.45) is 0 Å². The number of aliphatic hydroxyl groups excluding tert-OH is 2.